The van der Waals surface area contributed by atoms with Crippen molar-refractivity contribution in [2.75, 3.05) is 59.1 Å². The van der Waals surface area contributed by atoms with E-state index in [-0.39, 0.29) is 11.8 Å². The molecule has 31 heavy (non-hydrogen) atoms. The molecular weight excluding hydrogens is 394 g/mol. The summed E-state index contributed by atoms with van der Waals surface area (Å²) >= 11 is 0. The van der Waals surface area contributed by atoms with Crippen LogP contribution in [0.1, 0.15) is 38.2 Å². The van der Waals surface area contributed by atoms with Crippen LogP contribution in [0.25, 0.3) is 5.57 Å². The summed E-state index contributed by atoms with van der Waals surface area (Å²) in [5.74, 6) is 0.453. The summed E-state index contributed by atoms with van der Waals surface area (Å²) in [4.78, 5) is 32.7. The van der Waals surface area contributed by atoms with E-state index in [9.17, 15) is 9.59 Å². The van der Waals surface area contributed by atoms with Gasteiger partial charge in [-0.3, -0.25) is 19.4 Å². The molecule has 2 amide bonds. The SMILES string of the molecule is CCCOc1ccc(C2=C(N3CCCCC3)C(=O)N(CCN3CCOCC3)C2=O)cc1. The number of carbonyl (C=O) groups is 2. The Labute approximate surface area is 184 Å². The topological polar surface area (TPSA) is 62.3 Å². The van der Waals surface area contributed by atoms with E-state index in [2.05, 4.69) is 16.7 Å². The molecule has 0 N–H and O–H groups in total. The molecule has 0 saturated carbocycles. The second-order valence-electron chi connectivity index (χ2n) is 8.36. The zero-order valence-corrected chi connectivity index (χ0v) is 18.5. The molecule has 0 aromatic heterocycles. The lowest BCUT2D eigenvalue weighted by Crippen LogP contribution is -2.44. The van der Waals surface area contributed by atoms with E-state index in [0.717, 1.165) is 56.8 Å². The van der Waals surface area contributed by atoms with Crippen LogP contribution in [-0.4, -0.2) is 85.6 Å². The summed E-state index contributed by atoms with van der Waals surface area (Å²) in [6.07, 6.45) is 4.22. The highest BCUT2D eigenvalue weighted by Gasteiger charge is 2.41. The second-order valence-corrected chi connectivity index (χ2v) is 8.36. The zero-order chi connectivity index (χ0) is 21.6. The van der Waals surface area contributed by atoms with Crippen LogP contribution in [0.3, 0.4) is 0 Å². The molecule has 0 aliphatic carbocycles. The van der Waals surface area contributed by atoms with Crippen molar-refractivity contribution in [2.45, 2.75) is 32.6 Å². The summed E-state index contributed by atoms with van der Waals surface area (Å²) in [6, 6.07) is 7.59. The number of carbonyl (C=O) groups excluding carboxylic acids is 2. The highest BCUT2D eigenvalue weighted by Crippen LogP contribution is 2.33. The van der Waals surface area contributed by atoms with E-state index >= 15 is 0 Å². The van der Waals surface area contributed by atoms with Crippen molar-refractivity contribution < 1.29 is 19.1 Å². The highest BCUT2D eigenvalue weighted by atomic mass is 16.5. The lowest BCUT2D eigenvalue weighted by molar-refractivity contribution is -0.138. The van der Waals surface area contributed by atoms with E-state index in [4.69, 9.17) is 9.47 Å². The molecule has 4 rings (SSSR count). The summed E-state index contributed by atoms with van der Waals surface area (Å²) in [5.41, 5.74) is 1.90. The summed E-state index contributed by atoms with van der Waals surface area (Å²) < 4.78 is 11.1. The number of imide groups is 1. The molecule has 168 valence electrons. The summed E-state index contributed by atoms with van der Waals surface area (Å²) in [5, 5.41) is 0. The van der Waals surface area contributed by atoms with Crippen molar-refractivity contribution in [3.63, 3.8) is 0 Å². The van der Waals surface area contributed by atoms with Gasteiger partial charge in [-0.15, -0.1) is 0 Å². The predicted molar refractivity (Wildman–Crippen MR) is 119 cm³/mol. The Balaban J connectivity index is 1.57. The number of morpholine rings is 1. The third-order valence-corrected chi connectivity index (χ3v) is 6.18. The number of ether oxygens (including phenoxy) is 2. The first kappa shape index (κ1) is 21.8. The molecule has 0 spiro atoms. The van der Waals surface area contributed by atoms with Gasteiger partial charge in [-0.05, 0) is 43.4 Å². The molecule has 2 fully saturated rings. The van der Waals surface area contributed by atoms with E-state index in [0.29, 0.717) is 44.2 Å². The minimum Gasteiger partial charge on any atom is -0.494 e. The fourth-order valence-electron chi connectivity index (χ4n) is 4.44. The van der Waals surface area contributed by atoms with Crippen LogP contribution < -0.4 is 4.74 Å². The number of benzene rings is 1. The standard InChI is InChI=1S/C24H33N3O4/c1-2-16-31-20-8-6-19(7-9-20)21-22(26-10-4-3-5-11-26)24(29)27(23(21)28)13-12-25-14-17-30-18-15-25/h6-9H,2-5,10-18H2,1H3. The molecule has 7 heteroatoms. The van der Waals surface area contributed by atoms with E-state index in [1.807, 2.05) is 24.3 Å². The van der Waals surface area contributed by atoms with Crippen LogP contribution in [-0.2, 0) is 14.3 Å². The number of rotatable bonds is 8. The Bertz CT molecular complexity index is 809. The highest BCUT2D eigenvalue weighted by molar-refractivity contribution is 6.35. The first-order valence-electron chi connectivity index (χ1n) is 11.6. The van der Waals surface area contributed by atoms with Crippen molar-refractivity contribution in [1.82, 2.24) is 14.7 Å². The monoisotopic (exact) mass is 427 g/mol. The molecule has 0 radical (unpaired) electrons. The molecule has 3 aliphatic heterocycles. The molecule has 3 heterocycles. The normalized spacial score (nSPS) is 20.7. The fourth-order valence-corrected chi connectivity index (χ4v) is 4.44. The van der Waals surface area contributed by atoms with Crippen LogP contribution in [0.5, 0.6) is 5.75 Å². The van der Waals surface area contributed by atoms with Gasteiger partial charge in [0.1, 0.15) is 11.4 Å². The van der Waals surface area contributed by atoms with Crippen molar-refractivity contribution in [1.29, 1.82) is 0 Å². The molecule has 2 saturated heterocycles. The molecule has 0 bridgehead atoms. The summed E-state index contributed by atoms with van der Waals surface area (Å²) in [7, 11) is 0. The first-order chi connectivity index (χ1) is 15.2. The predicted octanol–water partition coefficient (Wildman–Crippen LogP) is 2.37. The number of piperidine rings is 1. The number of nitrogens with zero attached hydrogens (tertiary/aromatic N) is 3. The minimum atomic E-state index is -0.180. The molecule has 0 atom stereocenters. The number of likely N-dealkylation sites (tertiary alicyclic amines) is 1. The number of hydrogen-bond acceptors (Lipinski definition) is 6. The molecule has 3 aliphatic rings. The fraction of sp³-hybridized carbons (Fsp3) is 0.583. The lowest BCUT2D eigenvalue weighted by atomic mass is 10.0. The first-order valence-corrected chi connectivity index (χ1v) is 11.6. The van der Waals surface area contributed by atoms with Crippen LogP contribution in [0.15, 0.2) is 30.0 Å². The lowest BCUT2D eigenvalue weighted by Gasteiger charge is -2.30. The van der Waals surface area contributed by atoms with Crippen molar-refractivity contribution >= 4 is 17.4 Å². The second kappa shape index (κ2) is 10.3. The minimum absolute atomic E-state index is 0.151. The van der Waals surface area contributed by atoms with Gasteiger partial charge in [-0.1, -0.05) is 19.1 Å². The molecule has 1 aromatic rings. The van der Waals surface area contributed by atoms with Gasteiger partial charge in [0.2, 0.25) is 0 Å². The van der Waals surface area contributed by atoms with E-state index in [1.54, 1.807) is 0 Å². The van der Waals surface area contributed by atoms with Gasteiger partial charge in [0.25, 0.3) is 11.8 Å². The maximum atomic E-state index is 13.4. The van der Waals surface area contributed by atoms with Crippen LogP contribution in [0.2, 0.25) is 0 Å². The number of hydrogen-bond donors (Lipinski definition) is 0. The van der Waals surface area contributed by atoms with Crippen LogP contribution in [0, 0.1) is 0 Å². The van der Waals surface area contributed by atoms with Crippen molar-refractivity contribution in [3.05, 3.63) is 35.5 Å². The van der Waals surface area contributed by atoms with Gasteiger partial charge in [0.05, 0.1) is 25.4 Å². The zero-order valence-electron chi connectivity index (χ0n) is 18.5. The van der Waals surface area contributed by atoms with E-state index in [1.165, 1.54) is 11.3 Å². The Hall–Kier alpha value is -2.38. The Morgan fingerprint density at radius 1 is 0.903 bits per heavy atom. The third-order valence-electron chi connectivity index (χ3n) is 6.18. The largest absolute Gasteiger partial charge is 0.494 e. The molecule has 0 unspecified atom stereocenters. The van der Waals surface area contributed by atoms with Gasteiger partial charge >= 0.3 is 0 Å². The Morgan fingerprint density at radius 2 is 1.61 bits per heavy atom. The van der Waals surface area contributed by atoms with Crippen molar-refractivity contribution in [2.24, 2.45) is 0 Å². The quantitative estimate of drug-likeness (QED) is 0.594. The van der Waals surface area contributed by atoms with Crippen molar-refractivity contribution in [3.8, 4) is 5.75 Å². The molecule has 1 aromatic carbocycles. The molecular formula is C24H33N3O4. The van der Waals surface area contributed by atoms with Gasteiger partial charge in [0, 0.05) is 39.3 Å². The number of amides is 2. The third kappa shape index (κ3) is 4.93. The maximum absolute atomic E-state index is 13.4. The van der Waals surface area contributed by atoms with Gasteiger partial charge < -0.3 is 14.4 Å². The Kier molecular flexibility index (Phi) is 7.25. The van der Waals surface area contributed by atoms with Crippen LogP contribution in [0.4, 0.5) is 0 Å². The average Bonchev–Trinajstić information content (AvgIpc) is 3.07. The van der Waals surface area contributed by atoms with Gasteiger partial charge in [-0.2, -0.15) is 0 Å². The summed E-state index contributed by atoms with van der Waals surface area (Å²) in [6.45, 7) is 8.57. The maximum Gasteiger partial charge on any atom is 0.277 e. The smallest absolute Gasteiger partial charge is 0.277 e. The van der Waals surface area contributed by atoms with Crippen LogP contribution >= 0.6 is 0 Å². The Morgan fingerprint density at radius 3 is 2.29 bits per heavy atom. The van der Waals surface area contributed by atoms with E-state index < -0.39 is 0 Å². The molecule has 7 nitrogen and oxygen atoms in total. The van der Waals surface area contributed by atoms with Gasteiger partial charge in [-0.25, -0.2) is 0 Å². The average molecular weight is 428 g/mol. The van der Waals surface area contributed by atoms with Gasteiger partial charge in [0.15, 0.2) is 0 Å².